The number of benzene rings is 1. The molecule has 0 fully saturated rings. The minimum atomic E-state index is -4.00. The van der Waals surface area contributed by atoms with Crippen LogP contribution in [0.4, 0.5) is 13.2 Å². The van der Waals surface area contributed by atoms with Gasteiger partial charge in [0.05, 0.1) is 6.61 Å². The lowest BCUT2D eigenvalue weighted by molar-refractivity contribution is -0.135. The number of hydrogen-bond acceptors (Lipinski definition) is 2. The molecule has 0 aliphatic carbocycles. The van der Waals surface area contributed by atoms with Gasteiger partial charge >= 0.3 is 6.18 Å². The summed E-state index contributed by atoms with van der Waals surface area (Å²) in [4.78, 5) is 0. The first kappa shape index (κ1) is 20.8. The highest BCUT2D eigenvalue weighted by Crippen LogP contribution is 2.23. The van der Waals surface area contributed by atoms with Crippen molar-refractivity contribution in [1.29, 1.82) is 0 Å². The Morgan fingerprint density at radius 1 is 0.792 bits per heavy atom. The van der Waals surface area contributed by atoms with Crippen LogP contribution in [0.1, 0.15) is 63.4 Å². The zero-order valence-electron chi connectivity index (χ0n) is 14.3. The maximum atomic E-state index is 12.0. The number of hydrogen-bond donors (Lipinski definition) is 1. The van der Waals surface area contributed by atoms with Crippen molar-refractivity contribution >= 4 is 0 Å². The first-order valence-electron chi connectivity index (χ1n) is 8.90. The zero-order chi connectivity index (χ0) is 17.7. The van der Waals surface area contributed by atoms with Gasteiger partial charge < -0.3 is 9.84 Å². The standard InChI is InChI=1S/C19H29F3O2/c20-19(21,22)14-7-5-3-1-2-4-6-9-17-10-12-18(13-11-17)24-16-8-15-23/h10-13,23H,1-9,14-16H2. The fourth-order valence-electron chi connectivity index (χ4n) is 2.55. The molecule has 0 amide bonds. The van der Waals surface area contributed by atoms with Gasteiger partial charge in [0.1, 0.15) is 5.75 Å². The summed E-state index contributed by atoms with van der Waals surface area (Å²) >= 11 is 0. The molecule has 0 saturated carbocycles. The van der Waals surface area contributed by atoms with Crippen molar-refractivity contribution in [2.45, 2.75) is 70.4 Å². The van der Waals surface area contributed by atoms with Crippen LogP contribution in [0.25, 0.3) is 0 Å². The van der Waals surface area contributed by atoms with Crippen molar-refractivity contribution in [3.8, 4) is 5.75 Å². The Bertz CT molecular complexity index is 416. The first-order valence-corrected chi connectivity index (χ1v) is 8.90. The summed E-state index contributed by atoms with van der Waals surface area (Å²) in [6, 6.07) is 8.03. The second kappa shape index (κ2) is 12.2. The molecular formula is C19H29F3O2. The van der Waals surface area contributed by atoms with Crippen LogP contribution in [0.15, 0.2) is 24.3 Å². The summed E-state index contributed by atoms with van der Waals surface area (Å²) in [6.45, 7) is 0.666. The fraction of sp³-hybridized carbons (Fsp3) is 0.684. The van der Waals surface area contributed by atoms with E-state index in [9.17, 15) is 13.2 Å². The molecule has 0 heterocycles. The van der Waals surface area contributed by atoms with Gasteiger partial charge in [-0.2, -0.15) is 13.2 Å². The highest BCUT2D eigenvalue weighted by atomic mass is 19.4. The number of aliphatic hydroxyl groups excluding tert-OH is 1. The topological polar surface area (TPSA) is 29.5 Å². The molecule has 1 aromatic carbocycles. The molecule has 0 atom stereocenters. The molecule has 2 nitrogen and oxygen atoms in total. The molecule has 1 N–H and O–H groups in total. The predicted octanol–water partition coefficient (Wildman–Crippen LogP) is 5.67. The first-order chi connectivity index (χ1) is 11.5. The Kier molecular flexibility index (Phi) is 10.6. The van der Waals surface area contributed by atoms with Gasteiger partial charge in [0.15, 0.2) is 0 Å². The second-order valence-corrected chi connectivity index (χ2v) is 6.16. The van der Waals surface area contributed by atoms with E-state index in [2.05, 4.69) is 12.1 Å². The minimum absolute atomic E-state index is 0.139. The molecule has 1 aromatic rings. The monoisotopic (exact) mass is 346 g/mol. The van der Waals surface area contributed by atoms with E-state index in [1.54, 1.807) is 0 Å². The van der Waals surface area contributed by atoms with E-state index in [4.69, 9.17) is 9.84 Å². The number of aryl methyl sites for hydroxylation is 1. The third-order valence-electron chi connectivity index (χ3n) is 3.92. The quantitative estimate of drug-likeness (QED) is 0.466. The molecule has 138 valence electrons. The second-order valence-electron chi connectivity index (χ2n) is 6.16. The third-order valence-corrected chi connectivity index (χ3v) is 3.92. The van der Waals surface area contributed by atoms with Gasteiger partial charge in [-0.05, 0) is 37.0 Å². The Balaban J connectivity index is 1.99. The largest absolute Gasteiger partial charge is 0.494 e. The SMILES string of the molecule is OCCCOc1ccc(CCCCCCCCCC(F)(F)F)cc1. The summed E-state index contributed by atoms with van der Waals surface area (Å²) < 4.78 is 41.4. The minimum Gasteiger partial charge on any atom is -0.494 e. The molecule has 0 aliphatic heterocycles. The highest BCUT2D eigenvalue weighted by molar-refractivity contribution is 5.27. The fourth-order valence-corrected chi connectivity index (χ4v) is 2.55. The Hall–Kier alpha value is -1.23. The van der Waals surface area contributed by atoms with E-state index in [-0.39, 0.29) is 13.0 Å². The lowest BCUT2D eigenvalue weighted by atomic mass is 10.0. The lowest BCUT2D eigenvalue weighted by Crippen LogP contribution is -2.06. The van der Waals surface area contributed by atoms with E-state index >= 15 is 0 Å². The average Bonchev–Trinajstić information content (AvgIpc) is 2.54. The van der Waals surface area contributed by atoms with Crippen LogP contribution in [0.2, 0.25) is 0 Å². The summed E-state index contributed by atoms with van der Waals surface area (Å²) in [5.41, 5.74) is 1.27. The molecule has 0 saturated heterocycles. The van der Waals surface area contributed by atoms with E-state index in [1.165, 1.54) is 5.56 Å². The summed E-state index contributed by atoms with van der Waals surface area (Å²) in [7, 11) is 0. The van der Waals surface area contributed by atoms with E-state index in [1.807, 2.05) is 12.1 Å². The van der Waals surface area contributed by atoms with Crippen LogP contribution in [0.3, 0.4) is 0 Å². The number of rotatable bonds is 13. The van der Waals surface area contributed by atoms with Gasteiger partial charge in [-0.3, -0.25) is 0 Å². The number of halogens is 3. The maximum absolute atomic E-state index is 12.0. The van der Waals surface area contributed by atoms with Gasteiger partial charge in [-0.15, -0.1) is 0 Å². The summed E-state index contributed by atoms with van der Waals surface area (Å²) in [5.74, 6) is 0.825. The number of aliphatic hydroxyl groups is 1. The van der Waals surface area contributed by atoms with Crippen LogP contribution in [0.5, 0.6) is 5.75 Å². The summed E-state index contributed by atoms with van der Waals surface area (Å²) in [5, 5.41) is 8.70. The van der Waals surface area contributed by atoms with Crippen molar-refractivity contribution in [1.82, 2.24) is 0 Å². The van der Waals surface area contributed by atoms with Crippen LogP contribution >= 0.6 is 0 Å². The van der Waals surface area contributed by atoms with Crippen molar-refractivity contribution in [3.63, 3.8) is 0 Å². The van der Waals surface area contributed by atoms with Gasteiger partial charge in [0.2, 0.25) is 0 Å². The average molecular weight is 346 g/mol. The summed E-state index contributed by atoms with van der Waals surface area (Å²) in [6.07, 6.45) is 3.18. The van der Waals surface area contributed by atoms with E-state index in [0.717, 1.165) is 44.3 Å². The van der Waals surface area contributed by atoms with E-state index < -0.39 is 12.6 Å². The predicted molar refractivity (Wildman–Crippen MR) is 90.3 cm³/mol. The van der Waals surface area contributed by atoms with Crippen LogP contribution in [-0.2, 0) is 6.42 Å². The van der Waals surface area contributed by atoms with Crippen molar-refractivity contribution < 1.29 is 23.0 Å². The molecule has 24 heavy (non-hydrogen) atoms. The normalized spacial score (nSPS) is 11.7. The zero-order valence-corrected chi connectivity index (χ0v) is 14.3. The Morgan fingerprint density at radius 2 is 1.38 bits per heavy atom. The van der Waals surface area contributed by atoms with Crippen molar-refractivity contribution in [2.24, 2.45) is 0 Å². The molecule has 0 aliphatic rings. The van der Waals surface area contributed by atoms with Crippen molar-refractivity contribution in [3.05, 3.63) is 29.8 Å². The van der Waals surface area contributed by atoms with Crippen LogP contribution in [-0.4, -0.2) is 24.5 Å². The molecular weight excluding hydrogens is 317 g/mol. The molecule has 0 aromatic heterocycles. The molecule has 0 radical (unpaired) electrons. The Morgan fingerprint density at radius 3 is 1.96 bits per heavy atom. The maximum Gasteiger partial charge on any atom is 0.389 e. The van der Waals surface area contributed by atoms with Crippen LogP contribution in [0, 0.1) is 0 Å². The van der Waals surface area contributed by atoms with Gasteiger partial charge in [0.25, 0.3) is 0 Å². The molecule has 0 bridgehead atoms. The molecule has 5 heteroatoms. The number of ether oxygens (including phenoxy) is 1. The molecule has 0 spiro atoms. The number of unbranched alkanes of at least 4 members (excludes halogenated alkanes) is 6. The van der Waals surface area contributed by atoms with Gasteiger partial charge in [0, 0.05) is 19.4 Å². The third kappa shape index (κ3) is 11.3. The smallest absolute Gasteiger partial charge is 0.389 e. The number of alkyl halides is 3. The van der Waals surface area contributed by atoms with Gasteiger partial charge in [-0.1, -0.05) is 44.2 Å². The molecule has 1 rings (SSSR count). The van der Waals surface area contributed by atoms with Crippen LogP contribution < -0.4 is 4.74 Å². The Labute approximate surface area is 143 Å². The van der Waals surface area contributed by atoms with E-state index in [0.29, 0.717) is 19.4 Å². The molecule has 0 unspecified atom stereocenters. The van der Waals surface area contributed by atoms with Gasteiger partial charge in [-0.25, -0.2) is 0 Å². The van der Waals surface area contributed by atoms with Crippen molar-refractivity contribution in [2.75, 3.05) is 13.2 Å². The highest BCUT2D eigenvalue weighted by Gasteiger charge is 2.25. The lowest BCUT2D eigenvalue weighted by Gasteiger charge is -2.07.